The van der Waals surface area contributed by atoms with E-state index in [1.165, 1.54) is 11.3 Å². The average Bonchev–Trinajstić information content (AvgIpc) is 2.85. The summed E-state index contributed by atoms with van der Waals surface area (Å²) in [6.07, 6.45) is 0.632. The van der Waals surface area contributed by atoms with Crippen LogP contribution in [0.1, 0.15) is 20.8 Å². The zero-order valence-corrected chi connectivity index (χ0v) is 11.6. The maximum absolute atomic E-state index is 12.1. The van der Waals surface area contributed by atoms with Gasteiger partial charge in [0.05, 0.1) is 17.5 Å². The summed E-state index contributed by atoms with van der Waals surface area (Å²) < 4.78 is 0. The molecule has 1 unspecified atom stereocenters. The minimum atomic E-state index is -0.253. The van der Waals surface area contributed by atoms with Gasteiger partial charge in [-0.05, 0) is 35.9 Å². The number of aliphatic hydroxyl groups is 1. The van der Waals surface area contributed by atoms with Gasteiger partial charge in [-0.25, -0.2) is 0 Å². The van der Waals surface area contributed by atoms with Gasteiger partial charge in [0.2, 0.25) is 0 Å². The number of carbonyl (C=O) groups excluding carboxylic acids is 1. The standard InChI is InChI=1S/C15H17NO2S/c1-11-7-8-19-14(11)15(18)16-13(10-17)9-12-5-3-2-4-6-12/h2-8,13,17H,9-10H2,1H3,(H,16,18). The summed E-state index contributed by atoms with van der Waals surface area (Å²) in [5.41, 5.74) is 2.07. The van der Waals surface area contributed by atoms with Crippen LogP contribution in [0.2, 0.25) is 0 Å². The molecule has 1 aromatic heterocycles. The highest BCUT2D eigenvalue weighted by atomic mass is 32.1. The monoisotopic (exact) mass is 275 g/mol. The minimum Gasteiger partial charge on any atom is -0.394 e. The number of aryl methyl sites for hydroxylation is 1. The Morgan fingerprint density at radius 3 is 2.63 bits per heavy atom. The molecule has 4 heteroatoms. The van der Waals surface area contributed by atoms with E-state index in [1.54, 1.807) is 0 Å². The number of carbonyl (C=O) groups is 1. The van der Waals surface area contributed by atoms with Crippen molar-refractivity contribution in [2.24, 2.45) is 0 Å². The highest BCUT2D eigenvalue weighted by Gasteiger charge is 2.15. The van der Waals surface area contributed by atoms with E-state index in [9.17, 15) is 9.90 Å². The van der Waals surface area contributed by atoms with E-state index in [1.807, 2.05) is 48.7 Å². The Balaban J connectivity index is 2.00. The van der Waals surface area contributed by atoms with E-state index >= 15 is 0 Å². The second-order valence-corrected chi connectivity index (χ2v) is 5.39. The summed E-state index contributed by atoms with van der Waals surface area (Å²) in [5.74, 6) is -0.109. The summed E-state index contributed by atoms with van der Waals surface area (Å²) in [6, 6.07) is 11.5. The third-order valence-electron chi connectivity index (χ3n) is 2.95. The van der Waals surface area contributed by atoms with E-state index in [0.29, 0.717) is 11.3 Å². The van der Waals surface area contributed by atoms with E-state index < -0.39 is 0 Å². The summed E-state index contributed by atoms with van der Waals surface area (Å²) in [6.45, 7) is 1.85. The molecule has 0 spiro atoms. The molecule has 0 aliphatic carbocycles. The fraction of sp³-hybridized carbons (Fsp3) is 0.267. The Morgan fingerprint density at radius 1 is 1.32 bits per heavy atom. The van der Waals surface area contributed by atoms with Crippen molar-refractivity contribution in [1.82, 2.24) is 5.32 Å². The third-order valence-corrected chi connectivity index (χ3v) is 3.96. The minimum absolute atomic E-state index is 0.0644. The van der Waals surface area contributed by atoms with Gasteiger partial charge in [0.15, 0.2) is 0 Å². The zero-order chi connectivity index (χ0) is 13.7. The molecule has 0 saturated carbocycles. The number of aliphatic hydroxyl groups excluding tert-OH is 1. The van der Waals surface area contributed by atoms with Crippen molar-refractivity contribution in [2.45, 2.75) is 19.4 Å². The topological polar surface area (TPSA) is 49.3 Å². The van der Waals surface area contributed by atoms with E-state index in [2.05, 4.69) is 5.32 Å². The maximum atomic E-state index is 12.1. The van der Waals surface area contributed by atoms with Gasteiger partial charge in [0, 0.05) is 0 Å². The predicted octanol–water partition coefficient (Wildman–Crippen LogP) is 2.39. The SMILES string of the molecule is Cc1ccsc1C(=O)NC(CO)Cc1ccccc1. The van der Waals surface area contributed by atoms with Gasteiger partial charge < -0.3 is 10.4 Å². The molecule has 1 heterocycles. The smallest absolute Gasteiger partial charge is 0.261 e. The molecule has 1 atom stereocenters. The lowest BCUT2D eigenvalue weighted by molar-refractivity contribution is 0.0920. The van der Waals surface area contributed by atoms with Crippen LogP contribution in [0.5, 0.6) is 0 Å². The van der Waals surface area contributed by atoms with Crippen molar-refractivity contribution in [3.8, 4) is 0 Å². The molecular formula is C15H17NO2S. The van der Waals surface area contributed by atoms with Gasteiger partial charge in [-0.2, -0.15) is 0 Å². The fourth-order valence-electron chi connectivity index (χ4n) is 1.92. The Labute approximate surface area is 116 Å². The molecule has 0 saturated heterocycles. The molecule has 0 aliphatic heterocycles. The van der Waals surface area contributed by atoms with Crippen LogP contribution < -0.4 is 5.32 Å². The normalized spacial score (nSPS) is 12.1. The second-order valence-electron chi connectivity index (χ2n) is 4.48. The van der Waals surface area contributed by atoms with Crippen molar-refractivity contribution in [1.29, 1.82) is 0 Å². The largest absolute Gasteiger partial charge is 0.394 e. The lowest BCUT2D eigenvalue weighted by Crippen LogP contribution is -2.39. The molecule has 0 radical (unpaired) electrons. The first-order valence-corrected chi connectivity index (χ1v) is 7.08. The summed E-state index contributed by atoms with van der Waals surface area (Å²) in [5, 5.41) is 14.2. The number of thiophene rings is 1. The van der Waals surface area contributed by atoms with Crippen molar-refractivity contribution in [3.05, 3.63) is 57.8 Å². The molecule has 0 fully saturated rings. The maximum Gasteiger partial charge on any atom is 0.261 e. The molecule has 19 heavy (non-hydrogen) atoms. The molecule has 1 amide bonds. The van der Waals surface area contributed by atoms with Crippen LogP contribution in [-0.4, -0.2) is 23.7 Å². The Hall–Kier alpha value is -1.65. The molecule has 100 valence electrons. The third kappa shape index (κ3) is 3.66. The number of hydrogen-bond acceptors (Lipinski definition) is 3. The summed E-state index contributed by atoms with van der Waals surface area (Å²) in [4.78, 5) is 12.8. The Kier molecular flexibility index (Phi) is 4.71. The summed E-state index contributed by atoms with van der Waals surface area (Å²) in [7, 11) is 0. The van der Waals surface area contributed by atoms with Gasteiger partial charge in [-0.1, -0.05) is 30.3 Å². The van der Waals surface area contributed by atoms with Crippen molar-refractivity contribution >= 4 is 17.2 Å². The van der Waals surface area contributed by atoms with Crippen LogP contribution in [0.25, 0.3) is 0 Å². The van der Waals surface area contributed by atoms with Gasteiger partial charge in [-0.15, -0.1) is 11.3 Å². The van der Waals surface area contributed by atoms with E-state index in [4.69, 9.17) is 0 Å². The molecule has 2 aromatic rings. The quantitative estimate of drug-likeness (QED) is 0.880. The molecule has 3 nitrogen and oxygen atoms in total. The van der Waals surface area contributed by atoms with Crippen molar-refractivity contribution < 1.29 is 9.90 Å². The number of hydrogen-bond donors (Lipinski definition) is 2. The molecule has 2 rings (SSSR count). The van der Waals surface area contributed by atoms with Gasteiger partial charge in [0.1, 0.15) is 0 Å². The Bertz CT molecular complexity index is 536. The number of benzene rings is 1. The Morgan fingerprint density at radius 2 is 2.05 bits per heavy atom. The zero-order valence-electron chi connectivity index (χ0n) is 10.8. The van der Waals surface area contributed by atoms with Crippen LogP contribution in [0, 0.1) is 6.92 Å². The van der Waals surface area contributed by atoms with Gasteiger partial charge >= 0.3 is 0 Å². The highest BCUT2D eigenvalue weighted by molar-refractivity contribution is 7.12. The van der Waals surface area contributed by atoms with Crippen molar-refractivity contribution in [2.75, 3.05) is 6.61 Å². The van der Waals surface area contributed by atoms with Crippen LogP contribution >= 0.6 is 11.3 Å². The van der Waals surface area contributed by atoms with E-state index in [-0.39, 0.29) is 18.6 Å². The van der Waals surface area contributed by atoms with Gasteiger partial charge in [0.25, 0.3) is 5.91 Å². The highest BCUT2D eigenvalue weighted by Crippen LogP contribution is 2.15. The number of amides is 1. The first-order chi connectivity index (χ1) is 9.20. The predicted molar refractivity (Wildman–Crippen MR) is 77.5 cm³/mol. The van der Waals surface area contributed by atoms with Crippen molar-refractivity contribution in [3.63, 3.8) is 0 Å². The number of nitrogens with one attached hydrogen (secondary N) is 1. The van der Waals surface area contributed by atoms with Crippen LogP contribution in [0.3, 0.4) is 0 Å². The molecule has 0 aliphatic rings. The van der Waals surface area contributed by atoms with E-state index in [0.717, 1.165) is 11.1 Å². The lowest BCUT2D eigenvalue weighted by atomic mass is 10.1. The average molecular weight is 275 g/mol. The first kappa shape index (κ1) is 13.8. The second kappa shape index (κ2) is 6.50. The fourth-order valence-corrected chi connectivity index (χ4v) is 2.74. The number of rotatable bonds is 5. The lowest BCUT2D eigenvalue weighted by Gasteiger charge is -2.16. The van der Waals surface area contributed by atoms with Crippen LogP contribution in [0.15, 0.2) is 41.8 Å². The summed E-state index contributed by atoms with van der Waals surface area (Å²) >= 11 is 1.42. The van der Waals surface area contributed by atoms with Crippen LogP contribution in [0.4, 0.5) is 0 Å². The van der Waals surface area contributed by atoms with Crippen LogP contribution in [-0.2, 0) is 6.42 Å². The molecule has 0 bridgehead atoms. The molecular weight excluding hydrogens is 258 g/mol. The molecule has 1 aromatic carbocycles. The molecule has 2 N–H and O–H groups in total. The first-order valence-electron chi connectivity index (χ1n) is 6.20. The van der Waals surface area contributed by atoms with Gasteiger partial charge in [-0.3, -0.25) is 4.79 Å².